The molecule has 2 rings (SSSR count). The number of halogens is 2. The molecule has 0 aliphatic carbocycles. The molecule has 0 spiro atoms. The van der Waals surface area contributed by atoms with Gasteiger partial charge < -0.3 is 5.73 Å². The summed E-state index contributed by atoms with van der Waals surface area (Å²) in [7, 11) is 0. The summed E-state index contributed by atoms with van der Waals surface area (Å²) in [5.41, 5.74) is 5.89. The van der Waals surface area contributed by atoms with Crippen LogP contribution in [-0.2, 0) is 0 Å². The molecule has 0 saturated heterocycles. The zero-order chi connectivity index (χ0) is 12.4. The van der Waals surface area contributed by atoms with Gasteiger partial charge in [0.1, 0.15) is 11.6 Å². The van der Waals surface area contributed by atoms with E-state index >= 15 is 0 Å². The molecule has 0 aromatic heterocycles. The summed E-state index contributed by atoms with van der Waals surface area (Å²) in [6.45, 7) is 0. The maximum atomic E-state index is 12.9. The number of ketones is 1. The molecule has 0 amide bonds. The Balaban J connectivity index is 2.37. The van der Waals surface area contributed by atoms with Crippen LogP contribution in [0.2, 0.25) is 0 Å². The van der Waals surface area contributed by atoms with Gasteiger partial charge in [0, 0.05) is 11.1 Å². The molecule has 0 aliphatic rings. The zero-order valence-electron chi connectivity index (χ0n) is 8.78. The average molecular weight is 233 g/mol. The molecule has 0 atom stereocenters. The number of rotatable bonds is 2. The van der Waals surface area contributed by atoms with Crippen LogP contribution < -0.4 is 5.73 Å². The number of nitrogens with two attached hydrogens (primary N) is 1. The second-order valence-electron chi connectivity index (χ2n) is 3.57. The fourth-order valence-electron chi connectivity index (χ4n) is 1.45. The summed E-state index contributed by atoms with van der Waals surface area (Å²) in [6, 6.07) is 8.87. The number of benzene rings is 2. The van der Waals surface area contributed by atoms with Gasteiger partial charge in [-0.2, -0.15) is 0 Å². The first-order valence-corrected chi connectivity index (χ1v) is 4.93. The van der Waals surface area contributed by atoms with Crippen LogP contribution in [0.4, 0.5) is 14.5 Å². The molecule has 2 aromatic carbocycles. The number of carbonyl (C=O) groups is 1. The molecule has 0 aliphatic heterocycles. The molecule has 0 bridgehead atoms. The van der Waals surface area contributed by atoms with Crippen LogP contribution in [0.5, 0.6) is 0 Å². The largest absolute Gasteiger partial charge is 0.396 e. The van der Waals surface area contributed by atoms with Crippen LogP contribution in [0.15, 0.2) is 42.5 Å². The summed E-state index contributed by atoms with van der Waals surface area (Å²) in [4.78, 5) is 11.9. The minimum Gasteiger partial charge on any atom is -0.396 e. The van der Waals surface area contributed by atoms with Gasteiger partial charge in [0.05, 0.1) is 5.69 Å². The number of nitrogen functional groups attached to an aromatic ring is 1. The Labute approximate surface area is 96.7 Å². The lowest BCUT2D eigenvalue weighted by molar-refractivity contribution is 0.103. The van der Waals surface area contributed by atoms with E-state index < -0.39 is 11.6 Å². The van der Waals surface area contributed by atoms with E-state index in [0.717, 1.165) is 6.07 Å². The predicted octanol–water partition coefficient (Wildman–Crippen LogP) is 2.78. The summed E-state index contributed by atoms with van der Waals surface area (Å²) < 4.78 is 25.6. The van der Waals surface area contributed by atoms with Crippen LogP contribution in [0.25, 0.3) is 0 Å². The number of anilines is 1. The smallest absolute Gasteiger partial charge is 0.193 e. The summed E-state index contributed by atoms with van der Waals surface area (Å²) in [6.07, 6.45) is 0. The van der Waals surface area contributed by atoms with E-state index in [4.69, 9.17) is 5.73 Å². The third kappa shape index (κ3) is 2.30. The summed E-state index contributed by atoms with van der Waals surface area (Å²) in [5.74, 6) is -1.31. The number of hydrogen-bond donors (Lipinski definition) is 1. The maximum absolute atomic E-state index is 12.9. The fourth-order valence-corrected chi connectivity index (χ4v) is 1.45. The van der Waals surface area contributed by atoms with E-state index in [-0.39, 0.29) is 17.0 Å². The highest BCUT2D eigenvalue weighted by Gasteiger charge is 2.10. The highest BCUT2D eigenvalue weighted by atomic mass is 19.1. The highest BCUT2D eigenvalue weighted by Crippen LogP contribution is 2.16. The van der Waals surface area contributed by atoms with Crippen LogP contribution >= 0.6 is 0 Å². The van der Waals surface area contributed by atoms with E-state index in [0.29, 0.717) is 5.56 Å². The van der Waals surface area contributed by atoms with Gasteiger partial charge in [0.15, 0.2) is 5.78 Å². The van der Waals surface area contributed by atoms with Crippen molar-refractivity contribution in [3.8, 4) is 0 Å². The van der Waals surface area contributed by atoms with Gasteiger partial charge >= 0.3 is 0 Å². The molecule has 4 heteroatoms. The average Bonchev–Trinajstić information content (AvgIpc) is 2.33. The second-order valence-corrected chi connectivity index (χ2v) is 3.57. The lowest BCUT2D eigenvalue weighted by atomic mass is 10.0. The minimum atomic E-state index is -0.569. The molecule has 0 saturated carbocycles. The van der Waals surface area contributed by atoms with Crippen LogP contribution in [0.3, 0.4) is 0 Å². The lowest BCUT2D eigenvalue weighted by Gasteiger charge is -2.03. The molecule has 17 heavy (non-hydrogen) atoms. The summed E-state index contributed by atoms with van der Waals surface area (Å²) >= 11 is 0. The molecule has 2 nitrogen and oxygen atoms in total. The molecule has 0 radical (unpaired) electrons. The Morgan fingerprint density at radius 1 is 0.941 bits per heavy atom. The van der Waals surface area contributed by atoms with E-state index in [9.17, 15) is 13.6 Å². The monoisotopic (exact) mass is 233 g/mol. The van der Waals surface area contributed by atoms with Crippen molar-refractivity contribution in [2.75, 3.05) is 5.73 Å². The first-order valence-electron chi connectivity index (χ1n) is 4.93. The Kier molecular flexibility index (Phi) is 2.87. The lowest BCUT2D eigenvalue weighted by Crippen LogP contribution is -2.03. The Bertz CT molecular complexity index is 564. The maximum Gasteiger partial charge on any atom is 0.193 e. The van der Waals surface area contributed by atoms with Crippen molar-refractivity contribution in [2.45, 2.75) is 0 Å². The fraction of sp³-hybridized carbons (Fsp3) is 0. The molecule has 2 aromatic rings. The van der Waals surface area contributed by atoms with E-state index in [1.807, 2.05) is 0 Å². The van der Waals surface area contributed by atoms with Gasteiger partial charge in [-0.3, -0.25) is 4.79 Å². The van der Waals surface area contributed by atoms with Crippen LogP contribution in [0, 0.1) is 11.6 Å². The van der Waals surface area contributed by atoms with Crippen LogP contribution in [-0.4, -0.2) is 5.78 Å². The first-order chi connectivity index (χ1) is 8.08. The van der Waals surface area contributed by atoms with Crippen LogP contribution in [0.1, 0.15) is 15.9 Å². The standard InChI is InChI=1S/C13H9F2NO/c14-10-4-1-8(2-5-10)13(17)9-3-6-11(15)12(16)7-9/h1-7H,16H2. The van der Waals surface area contributed by atoms with E-state index in [2.05, 4.69) is 0 Å². The van der Waals surface area contributed by atoms with Crippen molar-refractivity contribution < 1.29 is 13.6 Å². The van der Waals surface area contributed by atoms with Crippen molar-refractivity contribution in [3.05, 3.63) is 65.2 Å². The highest BCUT2D eigenvalue weighted by molar-refractivity contribution is 6.09. The molecular weight excluding hydrogens is 224 g/mol. The van der Waals surface area contributed by atoms with Gasteiger partial charge in [-0.25, -0.2) is 8.78 Å². The topological polar surface area (TPSA) is 43.1 Å². The van der Waals surface area contributed by atoms with Gasteiger partial charge in [-0.15, -0.1) is 0 Å². The number of carbonyl (C=O) groups excluding carboxylic acids is 1. The Hall–Kier alpha value is -2.23. The SMILES string of the molecule is Nc1cc(C(=O)c2ccc(F)cc2)ccc1F. The zero-order valence-corrected chi connectivity index (χ0v) is 8.78. The molecule has 0 fully saturated rings. The van der Waals surface area contributed by atoms with E-state index in [1.54, 1.807) is 0 Å². The molecule has 0 heterocycles. The van der Waals surface area contributed by atoms with Crippen molar-refractivity contribution >= 4 is 11.5 Å². The Morgan fingerprint density at radius 2 is 1.53 bits per heavy atom. The van der Waals surface area contributed by atoms with Gasteiger partial charge in [-0.05, 0) is 42.5 Å². The van der Waals surface area contributed by atoms with Crippen molar-refractivity contribution in [2.24, 2.45) is 0 Å². The number of hydrogen-bond acceptors (Lipinski definition) is 2. The van der Waals surface area contributed by atoms with Crippen molar-refractivity contribution in [1.29, 1.82) is 0 Å². The van der Waals surface area contributed by atoms with Crippen molar-refractivity contribution in [3.63, 3.8) is 0 Å². The Morgan fingerprint density at radius 3 is 2.12 bits per heavy atom. The quantitative estimate of drug-likeness (QED) is 0.640. The molecule has 0 unspecified atom stereocenters. The minimum absolute atomic E-state index is 0.0852. The summed E-state index contributed by atoms with van der Waals surface area (Å²) in [5, 5.41) is 0. The third-order valence-corrected chi connectivity index (χ3v) is 2.36. The first kappa shape index (κ1) is 11.3. The molecular formula is C13H9F2NO. The second kappa shape index (κ2) is 4.33. The van der Waals surface area contributed by atoms with E-state index in [1.165, 1.54) is 36.4 Å². The third-order valence-electron chi connectivity index (χ3n) is 2.36. The van der Waals surface area contributed by atoms with Gasteiger partial charge in [0.25, 0.3) is 0 Å². The predicted molar refractivity (Wildman–Crippen MR) is 60.6 cm³/mol. The molecule has 86 valence electrons. The normalized spacial score (nSPS) is 10.2. The molecule has 2 N–H and O–H groups in total. The van der Waals surface area contributed by atoms with Gasteiger partial charge in [-0.1, -0.05) is 0 Å². The van der Waals surface area contributed by atoms with Gasteiger partial charge in [0.2, 0.25) is 0 Å². The van der Waals surface area contributed by atoms with Crippen molar-refractivity contribution in [1.82, 2.24) is 0 Å².